The standard InChI is InChI=1S/C13H16N2O3/c1-9-3-4-10(7-14-9)8-15-11(16)13(12(17)18)5-2-6-13/h3-4,7H,2,5-6,8H2,1H3,(H,15,16)(H,17,18). The van der Waals surface area contributed by atoms with Crippen molar-refractivity contribution in [2.24, 2.45) is 5.41 Å². The zero-order valence-corrected chi connectivity index (χ0v) is 10.3. The number of carboxylic acids is 1. The Morgan fingerprint density at radius 1 is 1.44 bits per heavy atom. The predicted octanol–water partition coefficient (Wildman–Crippen LogP) is 1.26. The normalized spacial score (nSPS) is 16.7. The Morgan fingerprint density at radius 3 is 2.61 bits per heavy atom. The number of pyridine rings is 1. The van der Waals surface area contributed by atoms with Crippen molar-refractivity contribution in [3.05, 3.63) is 29.6 Å². The number of hydrogen-bond acceptors (Lipinski definition) is 3. The van der Waals surface area contributed by atoms with Crippen LogP contribution in [0.25, 0.3) is 0 Å². The molecule has 1 aliphatic carbocycles. The molecule has 2 rings (SSSR count). The molecule has 2 N–H and O–H groups in total. The molecule has 1 aliphatic rings. The second kappa shape index (κ2) is 4.76. The van der Waals surface area contributed by atoms with Crippen molar-refractivity contribution in [3.8, 4) is 0 Å². The summed E-state index contributed by atoms with van der Waals surface area (Å²) in [5.41, 5.74) is 0.581. The number of carbonyl (C=O) groups is 2. The van der Waals surface area contributed by atoms with Crippen molar-refractivity contribution in [1.82, 2.24) is 10.3 Å². The van der Waals surface area contributed by atoms with Crippen LogP contribution in [0.4, 0.5) is 0 Å². The number of amides is 1. The van der Waals surface area contributed by atoms with Crippen LogP contribution in [0.15, 0.2) is 18.3 Å². The number of aryl methyl sites for hydroxylation is 1. The third-order valence-corrected chi connectivity index (χ3v) is 3.48. The lowest BCUT2D eigenvalue weighted by Crippen LogP contribution is -2.50. The molecule has 96 valence electrons. The first-order chi connectivity index (χ1) is 8.54. The summed E-state index contributed by atoms with van der Waals surface area (Å²) in [7, 11) is 0. The first-order valence-corrected chi connectivity index (χ1v) is 5.98. The van der Waals surface area contributed by atoms with Gasteiger partial charge in [0.15, 0.2) is 0 Å². The van der Waals surface area contributed by atoms with Crippen molar-refractivity contribution >= 4 is 11.9 Å². The average Bonchev–Trinajstić information content (AvgIpc) is 2.26. The molecule has 0 spiro atoms. The van der Waals surface area contributed by atoms with Gasteiger partial charge in [-0.1, -0.05) is 12.5 Å². The largest absolute Gasteiger partial charge is 0.480 e. The third-order valence-electron chi connectivity index (χ3n) is 3.48. The Morgan fingerprint density at radius 2 is 2.17 bits per heavy atom. The second-order valence-corrected chi connectivity index (χ2v) is 4.73. The fourth-order valence-electron chi connectivity index (χ4n) is 2.02. The van der Waals surface area contributed by atoms with Crippen LogP contribution in [-0.2, 0) is 16.1 Å². The van der Waals surface area contributed by atoms with Crippen molar-refractivity contribution < 1.29 is 14.7 Å². The summed E-state index contributed by atoms with van der Waals surface area (Å²) in [6.07, 6.45) is 3.34. The topological polar surface area (TPSA) is 79.3 Å². The summed E-state index contributed by atoms with van der Waals surface area (Å²) in [5, 5.41) is 11.8. The fourth-order valence-corrected chi connectivity index (χ4v) is 2.02. The van der Waals surface area contributed by atoms with Gasteiger partial charge < -0.3 is 10.4 Å². The zero-order valence-electron chi connectivity index (χ0n) is 10.3. The van der Waals surface area contributed by atoms with Gasteiger partial charge in [-0.15, -0.1) is 0 Å². The molecule has 5 nitrogen and oxygen atoms in total. The Kier molecular flexibility index (Phi) is 3.32. The third kappa shape index (κ3) is 2.20. The van der Waals surface area contributed by atoms with E-state index >= 15 is 0 Å². The molecule has 0 saturated heterocycles. The number of carboxylic acid groups (broad SMARTS) is 1. The number of nitrogens with one attached hydrogen (secondary N) is 1. The molecular formula is C13H16N2O3. The lowest BCUT2D eigenvalue weighted by Gasteiger charge is -2.35. The maximum Gasteiger partial charge on any atom is 0.319 e. The van der Waals surface area contributed by atoms with Gasteiger partial charge in [0.25, 0.3) is 0 Å². The summed E-state index contributed by atoms with van der Waals surface area (Å²) < 4.78 is 0. The average molecular weight is 248 g/mol. The van der Waals surface area contributed by atoms with Gasteiger partial charge in [-0.25, -0.2) is 0 Å². The molecule has 0 atom stereocenters. The van der Waals surface area contributed by atoms with Gasteiger partial charge in [-0.3, -0.25) is 14.6 Å². The van der Waals surface area contributed by atoms with Crippen LogP contribution in [0, 0.1) is 12.3 Å². The van der Waals surface area contributed by atoms with Gasteiger partial charge in [0.2, 0.25) is 5.91 Å². The van der Waals surface area contributed by atoms with Gasteiger partial charge in [-0.2, -0.15) is 0 Å². The number of carbonyl (C=O) groups excluding carboxylic acids is 1. The van der Waals surface area contributed by atoms with E-state index in [0.29, 0.717) is 19.4 Å². The Balaban J connectivity index is 1.96. The molecule has 1 aromatic heterocycles. The highest BCUT2D eigenvalue weighted by Crippen LogP contribution is 2.41. The van der Waals surface area contributed by atoms with Crippen LogP contribution < -0.4 is 5.32 Å². The first kappa shape index (κ1) is 12.5. The highest BCUT2D eigenvalue weighted by atomic mass is 16.4. The predicted molar refractivity (Wildman–Crippen MR) is 64.7 cm³/mol. The number of aromatic nitrogens is 1. The van der Waals surface area contributed by atoms with E-state index in [1.165, 1.54) is 0 Å². The maximum absolute atomic E-state index is 11.9. The molecular weight excluding hydrogens is 232 g/mol. The number of aliphatic carboxylic acids is 1. The first-order valence-electron chi connectivity index (χ1n) is 5.98. The van der Waals surface area contributed by atoms with Crippen molar-refractivity contribution in [3.63, 3.8) is 0 Å². The quantitative estimate of drug-likeness (QED) is 0.786. The van der Waals surface area contributed by atoms with Gasteiger partial charge in [0, 0.05) is 18.4 Å². The number of nitrogens with zero attached hydrogens (tertiary/aromatic N) is 1. The van der Waals surface area contributed by atoms with E-state index in [-0.39, 0.29) is 5.91 Å². The molecule has 1 saturated carbocycles. The molecule has 5 heteroatoms. The summed E-state index contributed by atoms with van der Waals surface area (Å²) in [6, 6.07) is 3.73. The van der Waals surface area contributed by atoms with Crippen LogP contribution in [0.3, 0.4) is 0 Å². The summed E-state index contributed by atoms with van der Waals surface area (Å²) in [6.45, 7) is 2.21. The summed E-state index contributed by atoms with van der Waals surface area (Å²) >= 11 is 0. The Labute approximate surface area is 105 Å². The van der Waals surface area contributed by atoms with Gasteiger partial charge >= 0.3 is 5.97 Å². The van der Waals surface area contributed by atoms with E-state index < -0.39 is 11.4 Å². The highest BCUT2D eigenvalue weighted by Gasteiger charge is 2.50. The second-order valence-electron chi connectivity index (χ2n) is 4.73. The summed E-state index contributed by atoms with van der Waals surface area (Å²) in [4.78, 5) is 27.2. The molecule has 0 aliphatic heterocycles. The molecule has 0 radical (unpaired) electrons. The van der Waals surface area contributed by atoms with E-state index in [4.69, 9.17) is 5.11 Å². The fraction of sp³-hybridized carbons (Fsp3) is 0.462. The van der Waals surface area contributed by atoms with Crippen LogP contribution in [0.2, 0.25) is 0 Å². The monoisotopic (exact) mass is 248 g/mol. The van der Waals surface area contributed by atoms with Crippen LogP contribution in [0.1, 0.15) is 30.5 Å². The highest BCUT2D eigenvalue weighted by molar-refractivity contribution is 6.02. The smallest absolute Gasteiger partial charge is 0.319 e. The molecule has 0 bridgehead atoms. The van der Waals surface area contributed by atoms with Crippen molar-refractivity contribution in [1.29, 1.82) is 0 Å². The molecule has 1 amide bonds. The van der Waals surface area contributed by atoms with Crippen molar-refractivity contribution in [2.45, 2.75) is 32.7 Å². The molecule has 18 heavy (non-hydrogen) atoms. The van der Waals surface area contributed by atoms with E-state index in [9.17, 15) is 9.59 Å². The van der Waals surface area contributed by atoms with E-state index in [1.54, 1.807) is 6.20 Å². The number of hydrogen-bond donors (Lipinski definition) is 2. The lowest BCUT2D eigenvalue weighted by molar-refractivity contribution is -0.162. The van der Waals surface area contributed by atoms with Crippen LogP contribution in [0.5, 0.6) is 0 Å². The molecule has 1 heterocycles. The SMILES string of the molecule is Cc1ccc(CNC(=O)C2(C(=O)O)CCC2)cn1. The van der Waals surface area contributed by atoms with Crippen LogP contribution in [-0.4, -0.2) is 22.0 Å². The molecule has 1 fully saturated rings. The minimum atomic E-state index is -1.20. The minimum absolute atomic E-state index is 0.321. The van der Waals surface area contributed by atoms with Gasteiger partial charge in [0.05, 0.1) is 0 Å². The van der Waals surface area contributed by atoms with Crippen molar-refractivity contribution in [2.75, 3.05) is 0 Å². The molecule has 0 unspecified atom stereocenters. The Bertz CT molecular complexity index is 464. The van der Waals surface area contributed by atoms with Crippen LogP contribution >= 0.6 is 0 Å². The molecule has 1 aromatic rings. The maximum atomic E-state index is 11.9. The molecule has 0 aromatic carbocycles. The minimum Gasteiger partial charge on any atom is -0.480 e. The zero-order chi connectivity index (χ0) is 13.2. The summed E-state index contributed by atoms with van der Waals surface area (Å²) in [5.74, 6) is -1.41. The van der Waals surface area contributed by atoms with E-state index in [2.05, 4.69) is 10.3 Å². The van der Waals surface area contributed by atoms with Gasteiger partial charge in [-0.05, 0) is 31.4 Å². The van der Waals surface area contributed by atoms with E-state index in [1.807, 2.05) is 19.1 Å². The Hall–Kier alpha value is -1.91. The number of rotatable bonds is 4. The van der Waals surface area contributed by atoms with Gasteiger partial charge in [0.1, 0.15) is 5.41 Å². The van der Waals surface area contributed by atoms with E-state index in [0.717, 1.165) is 17.7 Å². The lowest BCUT2D eigenvalue weighted by atomic mass is 9.68.